The Labute approximate surface area is 118 Å². The average molecular weight is 275 g/mol. The van der Waals surface area contributed by atoms with Crippen molar-refractivity contribution in [2.24, 2.45) is 11.8 Å². The Hall–Kier alpha value is -1.65. The molecule has 0 aromatic carbocycles. The summed E-state index contributed by atoms with van der Waals surface area (Å²) in [6, 6.07) is 0. The van der Waals surface area contributed by atoms with Crippen LogP contribution in [0.3, 0.4) is 0 Å². The van der Waals surface area contributed by atoms with Crippen molar-refractivity contribution in [2.45, 2.75) is 51.9 Å². The molecule has 1 aromatic heterocycles. The zero-order valence-electron chi connectivity index (χ0n) is 12.0. The van der Waals surface area contributed by atoms with Gasteiger partial charge in [0.15, 0.2) is 0 Å². The number of nitrogens with one attached hydrogen (secondary N) is 2. The van der Waals surface area contributed by atoms with Crippen LogP contribution in [-0.2, 0) is 22.4 Å². The molecule has 5 nitrogen and oxygen atoms in total. The summed E-state index contributed by atoms with van der Waals surface area (Å²) in [6.45, 7) is 4.49. The van der Waals surface area contributed by atoms with Gasteiger partial charge in [-0.1, -0.05) is 13.8 Å². The van der Waals surface area contributed by atoms with E-state index in [1.165, 1.54) is 17.7 Å². The number of hydrogen-bond acceptors (Lipinski definition) is 3. The molecule has 0 radical (unpaired) electrons. The van der Waals surface area contributed by atoms with Crippen molar-refractivity contribution in [1.82, 2.24) is 15.5 Å². The van der Waals surface area contributed by atoms with E-state index in [0.717, 1.165) is 18.5 Å². The summed E-state index contributed by atoms with van der Waals surface area (Å²) < 4.78 is 0. The highest BCUT2D eigenvalue weighted by Crippen LogP contribution is 2.35. The van der Waals surface area contributed by atoms with Crippen LogP contribution >= 0.6 is 0 Å². The summed E-state index contributed by atoms with van der Waals surface area (Å²) in [5.74, 6) is 0.969. The molecule has 20 heavy (non-hydrogen) atoms. The molecule has 1 aromatic rings. The van der Waals surface area contributed by atoms with Gasteiger partial charge in [-0.25, -0.2) is 0 Å². The lowest BCUT2D eigenvalue weighted by Gasteiger charge is -2.25. The van der Waals surface area contributed by atoms with Crippen LogP contribution in [0.4, 0.5) is 0 Å². The van der Waals surface area contributed by atoms with E-state index in [9.17, 15) is 9.59 Å². The minimum atomic E-state index is -0.152. The highest BCUT2D eigenvalue weighted by atomic mass is 16.2. The van der Waals surface area contributed by atoms with E-state index in [4.69, 9.17) is 0 Å². The van der Waals surface area contributed by atoms with Gasteiger partial charge in [-0.3, -0.25) is 20.0 Å². The number of hydrogen-bond donors (Lipinski definition) is 2. The first-order chi connectivity index (χ1) is 9.52. The minimum Gasteiger partial charge on any atom is -0.296 e. The van der Waals surface area contributed by atoms with Crippen LogP contribution in [0, 0.1) is 11.8 Å². The first-order valence-electron chi connectivity index (χ1n) is 7.41. The Morgan fingerprint density at radius 3 is 2.55 bits per heavy atom. The van der Waals surface area contributed by atoms with Crippen LogP contribution in [0.25, 0.3) is 0 Å². The highest BCUT2D eigenvalue weighted by molar-refractivity contribution is 5.97. The summed E-state index contributed by atoms with van der Waals surface area (Å²) in [7, 11) is 0. The second kappa shape index (κ2) is 5.04. The van der Waals surface area contributed by atoms with Crippen molar-refractivity contribution >= 4 is 11.8 Å². The van der Waals surface area contributed by atoms with Crippen LogP contribution < -0.4 is 5.32 Å². The number of H-pyrrole nitrogens is 1. The van der Waals surface area contributed by atoms with Gasteiger partial charge in [0.05, 0.1) is 5.69 Å². The molecular weight excluding hydrogens is 254 g/mol. The fraction of sp³-hybridized carbons (Fsp3) is 0.667. The number of fused-ring (bicyclic) bond motifs is 1. The zero-order valence-corrected chi connectivity index (χ0v) is 12.0. The molecule has 0 saturated carbocycles. The summed E-state index contributed by atoms with van der Waals surface area (Å²) in [5, 5.41) is 9.98. The topological polar surface area (TPSA) is 74.8 Å². The maximum atomic E-state index is 11.4. The van der Waals surface area contributed by atoms with E-state index in [-0.39, 0.29) is 17.7 Å². The Bertz CT molecular complexity index is 533. The summed E-state index contributed by atoms with van der Waals surface area (Å²) in [5.41, 5.74) is 3.64. The van der Waals surface area contributed by atoms with Crippen molar-refractivity contribution in [3.05, 3.63) is 17.0 Å². The number of imide groups is 1. The van der Waals surface area contributed by atoms with E-state index in [0.29, 0.717) is 24.7 Å². The highest BCUT2D eigenvalue weighted by Gasteiger charge is 2.30. The summed E-state index contributed by atoms with van der Waals surface area (Å²) in [6.07, 6.45) is 3.86. The first kappa shape index (κ1) is 13.3. The molecule has 2 amide bonds. The van der Waals surface area contributed by atoms with E-state index in [2.05, 4.69) is 29.4 Å². The number of amides is 2. The van der Waals surface area contributed by atoms with Crippen LogP contribution in [0.15, 0.2) is 0 Å². The van der Waals surface area contributed by atoms with Gasteiger partial charge in [0.25, 0.3) is 0 Å². The second-order valence-corrected chi connectivity index (χ2v) is 6.46. The molecule has 108 valence electrons. The average Bonchev–Trinajstić information content (AvgIpc) is 2.71. The number of carbonyl (C=O) groups excluding carboxylic acids is 2. The largest absolute Gasteiger partial charge is 0.296 e. The maximum absolute atomic E-state index is 11.4. The third kappa shape index (κ3) is 2.49. The molecule has 5 heteroatoms. The monoisotopic (exact) mass is 275 g/mol. The molecule has 1 aliphatic carbocycles. The molecule has 2 atom stereocenters. The third-order valence-corrected chi connectivity index (χ3v) is 4.48. The van der Waals surface area contributed by atoms with E-state index >= 15 is 0 Å². The molecule has 2 heterocycles. The number of piperidine rings is 1. The molecule has 1 fully saturated rings. The Kier molecular flexibility index (Phi) is 3.36. The SMILES string of the molecule is C[C@H]1Cc2c(n[nH]c2CC2CC(=O)NC(=O)C2)[C@H](C)C1. The minimum absolute atomic E-state index is 0.105. The fourth-order valence-electron chi connectivity index (χ4n) is 3.66. The number of carbonyl (C=O) groups is 2. The Balaban J connectivity index is 1.78. The molecule has 3 rings (SSSR count). The second-order valence-electron chi connectivity index (χ2n) is 6.46. The summed E-state index contributed by atoms with van der Waals surface area (Å²) in [4.78, 5) is 22.9. The molecular formula is C15H21N3O2. The maximum Gasteiger partial charge on any atom is 0.226 e. The number of aromatic amines is 1. The molecule has 1 aliphatic heterocycles. The molecule has 0 spiro atoms. The van der Waals surface area contributed by atoms with Gasteiger partial charge in [-0.2, -0.15) is 5.10 Å². The van der Waals surface area contributed by atoms with Crippen molar-refractivity contribution in [3.63, 3.8) is 0 Å². The lowest BCUT2D eigenvalue weighted by atomic mass is 9.80. The lowest BCUT2D eigenvalue weighted by molar-refractivity contribution is -0.134. The van der Waals surface area contributed by atoms with Crippen LogP contribution in [0.5, 0.6) is 0 Å². The molecule has 2 aliphatic rings. The summed E-state index contributed by atoms with van der Waals surface area (Å²) >= 11 is 0. The van der Waals surface area contributed by atoms with Crippen LogP contribution in [0.2, 0.25) is 0 Å². The van der Waals surface area contributed by atoms with Crippen LogP contribution in [-0.4, -0.2) is 22.0 Å². The van der Waals surface area contributed by atoms with Gasteiger partial charge in [0, 0.05) is 24.5 Å². The first-order valence-corrected chi connectivity index (χ1v) is 7.41. The van der Waals surface area contributed by atoms with Gasteiger partial charge in [-0.15, -0.1) is 0 Å². The van der Waals surface area contributed by atoms with Gasteiger partial charge in [0.1, 0.15) is 0 Å². The van der Waals surface area contributed by atoms with Gasteiger partial charge in [-0.05, 0) is 36.7 Å². The number of nitrogens with zero attached hydrogens (tertiary/aromatic N) is 1. The fourth-order valence-corrected chi connectivity index (χ4v) is 3.66. The molecule has 1 saturated heterocycles. The number of rotatable bonds is 2. The third-order valence-electron chi connectivity index (χ3n) is 4.48. The van der Waals surface area contributed by atoms with Gasteiger partial charge in [0.2, 0.25) is 11.8 Å². The standard InChI is InChI=1S/C15H21N3O2/c1-8-3-9(2)15-11(4-8)12(17-18-15)5-10-6-13(19)16-14(20)7-10/h8-10H,3-7H2,1-2H3,(H,17,18)(H,16,19,20)/t8-,9-/m1/s1. The van der Waals surface area contributed by atoms with Crippen LogP contribution in [0.1, 0.15) is 56.0 Å². The normalized spacial score (nSPS) is 27.3. The molecule has 0 bridgehead atoms. The Morgan fingerprint density at radius 2 is 1.85 bits per heavy atom. The van der Waals surface area contributed by atoms with Gasteiger partial charge < -0.3 is 0 Å². The van der Waals surface area contributed by atoms with Crippen molar-refractivity contribution in [3.8, 4) is 0 Å². The van der Waals surface area contributed by atoms with Crippen molar-refractivity contribution < 1.29 is 9.59 Å². The molecule has 2 N–H and O–H groups in total. The van der Waals surface area contributed by atoms with E-state index in [1.807, 2.05) is 0 Å². The van der Waals surface area contributed by atoms with E-state index in [1.54, 1.807) is 0 Å². The zero-order chi connectivity index (χ0) is 14.3. The van der Waals surface area contributed by atoms with E-state index < -0.39 is 0 Å². The number of aromatic nitrogens is 2. The van der Waals surface area contributed by atoms with Crippen molar-refractivity contribution in [1.29, 1.82) is 0 Å². The van der Waals surface area contributed by atoms with Crippen molar-refractivity contribution in [2.75, 3.05) is 0 Å². The van der Waals surface area contributed by atoms with Gasteiger partial charge >= 0.3 is 0 Å². The quantitative estimate of drug-likeness (QED) is 0.807. The predicted molar refractivity (Wildman–Crippen MR) is 74.1 cm³/mol. The smallest absolute Gasteiger partial charge is 0.226 e. The molecule has 0 unspecified atom stereocenters. The lowest BCUT2D eigenvalue weighted by Crippen LogP contribution is -2.39. The Morgan fingerprint density at radius 1 is 1.15 bits per heavy atom. The predicted octanol–water partition coefficient (Wildman–Crippen LogP) is 1.69.